The standard InChI is InChI=1S/C22H22/c1-15-18-7-5-4-6-17(18)14-21-19(15)9-8-16-10-12-22(2,3)13-11-20(16)21/h4-11,14H,12-13H2,1-3H3. The van der Waals surface area contributed by atoms with Crippen molar-refractivity contribution in [1.82, 2.24) is 0 Å². The van der Waals surface area contributed by atoms with Crippen LogP contribution in [0.2, 0.25) is 0 Å². The molecule has 1 aliphatic rings. The van der Waals surface area contributed by atoms with Crippen molar-refractivity contribution in [2.45, 2.75) is 33.6 Å². The van der Waals surface area contributed by atoms with Crippen molar-refractivity contribution in [2.24, 2.45) is 5.41 Å². The third kappa shape index (κ3) is 2.06. The molecule has 0 heteroatoms. The molecule has 0 radical (unpaired) electrons. The van der Waals surface area contributed by atoms with Gasteiger partial charge in [0.25, 0.3) is 0 Å². The highest BCUT2D eigenvalue weighted by atomic mass is 14.2. The minimum atomic E-state index is 0.358. The summed E-state index contributed by atoms with van der Waals surface area (Å²) in [5.74, 6) is 0. The summed E-state index contributed by atoms with van der Waals surface area (Å²) in [6.07, 6.45) is 7.16. The summed E-state index contributed by atoms with van der Waals surface area (Å²) in [6.45, 7) is 6.96. The molecule has 0 N–H and O–H groups in total. The molecular formula is C22H22. The first-order chi connectivity index (χ1) is 10.6. The molecule has 3 aromatic carbocycles. The van der Waals surface area contributed by atoms with Crippen LogP contribution in [0, 0.1) is 12.3 Å². The fraction of sp³-hybridized carbons (Fsp3) is 0.273. The molecular weight excluding hydrogens is 264 g/mol. The minimum absolute atomic E-state index is 0.358. The number of hydrogen-bond acceptors (Lipinski definition) is 0. The van der Waals surface area contributed by atoms with Crippen LogP contribution in [0.25, 0.3) is 33.7 Å². The fourth-order valence-electron chi connectivity index (χ4n) is 3.65. The Kier molecular flexibility index (Phi) is 2.91. The Morgan fingerprint density at radius 2 is 1.59 bits per heavy atom. The van der Waals surface area contributed by atoms with Crippen molar-refractivity contribution in [3.63, 3.8) is 0 Å². The zero-order valence-electron chi connectivity index (χ0n) is 13.6. The van der Waals surface area contributed by atoms with Gasteiger partial charge in [0.1, 0.15) is 0 Å². The Bertz CT molecular complexity index is 1000. The minimum Gasteiger partial charge on any atom is -0.0761 e. The van der Waals surface area contributed by atoms with Crippen LogP contribution < -0.4 is 10.4 Å². The topological polar surface area (TPSA) is 0 Å². The van der Waals surface area contributed by atoms with E-state index in [1.807, 2.05) is 0 Å². The van der Waals surface area contributed by atoms with Gasteiger partial charge in [-0.1, -0.05) is 62.4 Å². The Hall–Kier alpha value is -2.08. The highest BCUT2D eigenvalue weighted by molar-refractivity contribution is 6.02. The summed E-state index contributed by atoms with van der Waals surface area (Å²) in [5.41, 5.74) is 1.75. The summed E-state index contributed by atoms with van der Waals surface area (Å²) in [4.78, 5) is 0. The smallest absolute Gasteiger partial charge is 0.00997 e. The van der Waals surface area contributed by atoms with Crippen LogP contribution in [-0.4, -0.2) is 0 Å². The monoisotopic (exact) mass is 286 g/mol. The molecule has 22 heavy (non-hydrogen) atoms. The van der Waals surface area contributed by atoms with Crippen LogP contribution in [0.15, 0.2) is 42.5 Å². The average molecular weight is 286 g/mol. The van der Waals surface area contributed by atoms with E-state index in [0.29, 0.717) is 5.41 Å². The van der Waals surface area contributed by atoms with E-state index in [-0.39, 0.29) is 0 Å². The maximum absolute atomic E-state index is 2.45. The first kappa shape index (κ1) is 13.6. The van der Waals surface area contributed by atoms with Crippen molar-refractivity contribution in [3.8, 4) is 0 Å². The van der Waals surface area contributed by atoms with E-state index < -0.39 is 0 Å². The highest BCUT2D eigenvalue weighted by Gasteiger charge is 2.16. The van der Waals surface area contributed by atoms with Gasteiger partial charge in [-0.05, 0) is 68.8 Å². The molecule has 110 valence electrons. The van der Waals surface area contributed by atoms with Crippen LogP contribution in [0.1, 0.15) is 32.3 Å². The van der Waals surface area contributed by atoms with Crippen molar-refractivity contribution in [2.75, 3.05) is 0 Å². The molecule has 0 heterocycles. The van der Waals surface area contributed by atoms with Crippen molar-refractivity contribution >= 4 is 33.7 Å². The predicted octanol–water partition coefficient (Wildman–Crippen LogP) is 4.68. The van der Waals surface area contributed by atoms with Gasteiger partial charge in [-0.25, -0.2) is 0 Å². The maximum Gasteiger partial charge on any atom is -0.00997 e. The summed E-state index contributed by atoms with van der Waals surface area (Å²) in [6, 6.07) is 15.7. The van der Waals surface area contributed by atoms with E-state index in [4.69, 9.17) is 0 Å². The molecule has 3 aromatic rings. The molecule has 0 aliphatic heterocycles. The van der Waals surface area contributed by atoms with E-state index in [1.54, 1.807) is 0 Å². The number of benzene rings is 3. The first-order valence-corrected chi connectivity index (χ1v) is 8.17. The Balaban J connectivity index is 2.18. The van der Waals surface area contributed by atoms with Crippen LogP contribution in [0.5, 0.6) is 0 Å². The largest absolute Gasteiger partial charge is 0.0761 e. The second kappa shape index (κ2) is 4.71. The lowest BCUT2D eigenvalue weighted by Gasteiger charge is -2.19. The molecule has 4 rings (SSSR count). The van der Waals surface area contributed by atoms with Gasteiger partial charge in [0.05, 0.1) is 0 Å². The zero-order valence-corrected chi connectivity index (χ0v) is 13.6. The average Bonchev–Trinajstić information content (AvgIpc) is 2.67. The summed E-state index contributed by atoms with van der Waals surface area (Å²) in [5, 5.41) is 8.33. The Morgan fingerprint density at radius 3 is 2.45 bits per heavy atom. The third-order valence-electron chi connectivity index (χ3n) is 5.12. The summed E-state index contributed by atoms with van der Waals surface area (Å²) in [7, 11) is 0. The van der Waals surface area contributed by atoms with Crippen LogP contribution in [0.3, 0.4) is 0 Å². The lowest BCUT2D eigenvalue weighted by molar-refractivity contribution is 0.398. The molecule has 0 bridgehead atoms. The van der Waals surface area contributed by atoms with Crippen LogP contribution >= 0.6 is 0 Å². The van der Waals surface area contributed by atoms with Gasteiger partial charge >= 0.3 is 0 Å². The Labute approximate surface area is 131 Å². The van der Waals surface area contributed by atoms with E-state index in [2.05, 4.69) is 75.4 Å². The second-order valence-corrected chi connectivity index (χ2v) is 7.37. The molecule has 0 atom stereocenters. The summed E-state index contributed by atoms with van der Waals surface area (Å²) < 4.78 is 0. The van der Waals surface area contributed by atoms with Gasteiger partial charge in [0, 0.05) is 0 Å². The third-order valence-corrected chi connectivity index (χ3v) is 5.12. The quantitative estimate of drug-likeness (QED) is 0.526. The predicted molar refractivity (Wildman–Crippen MR) is 97.4 cm³/mol. The molecule has 0 amide bonds. The van der Waals surface area contributed by atoms with E-state index in [0.717, 1.165) is 12.8 Å². The number of hydrogen-bond donors (Lipinski definition) is 0. The molecule has 1 aliphatic carbocycles. The molecule has 0 saturated carbocycles. The maximum atomic E-state index is 2.45. The lowest BCUT2D eigenvalue weighted by atomic mass is 9.86. The van der Waals surface area contributed by atoms with Crippen LogP contribution in [-0.2, 0) is 0 Å². The van der Waals surface area contributed by atoms with Gasteiger partial charge in [-0.15, -0.1) is 0 Å². The zero-order chi connectivity index (χ0) is 15.3. The van der Waals surface area contributed by atoms with E-state index >= 15 is 0 Å². The Morgan fingerprint density at radius 1 is 0.818 bits per heavy atom. The molecule has 0 fully saturated rings. The molecule has 0 unspecified atom stereocenters. The van der Waals surface area contributed by atoms with Gasteiger partial charge in [-0.2, -0.15) is 0 Å². The van der Waals surface area contributed by atoms with E-state index in [9.17, 15) is 0 Å². The SMILES string of the molecule is Cc1c2ccccc2cc2c3c(ccc12)=CCC(C)(C)CC=3. The van der Waals surface area contributed by atoms with E-state index in [1.165, 1.54) is 37.5 Å². The van der Waals surface area contributed by atoms with Gasteiger partial charge < -0.3 is 0 Å². The number of rotatable bonds is 0. The fourth-order valence-corrected chi connectivity index (χ4v) is 3.65. The lowest BCUT2D eigenvalue weighted by Crippen LogP contribution is -2.24. The van der Waals surface area contributed by atoms with Gasteiger partial charge in [0.15, 0.2) is 0 Å². The molecule has 0 aromatic heterocycles. The number of aryl methyl sites for hydroxylation is 1. The first-order valence-electron chi connectivity index (χ1n) is 8.17. The molecule has 0 nitrogen and oxygen atoms in total. The van der Waals surface area contributed by atoms with Crippen LogP contribution in [0.4, 0.5) is 0 Å². The molecule has 0 saturated heterocycles. The summed E-state index contributed by atoms with van der Waals surface area (Å²) >= 11 is 0. The van der Waals surface area contributed by atoms with Crippen molar-refractivity contribution < 1.29 is 0 Å². The van der Waals surface area contributed by atoms with Crippen molar-refractivity contribution in [1.29, 1.82) is 0 Å². The molecule has 0 spiro atoms. The normalized spacial score (nSPS) is 16.7. The number of fused-ring (bicyclic) bond motifs is 4. The second-order valence-electron chi connectivity index (χ2n) is 7.37. The highest BCUT2D eigenvalue weighted by Crippen LogP contribution is 2.29. The van der Waals surface area contributed by atoms with Crippen molar-refractivity contribution in [3.05, 3.63) is 58.5 Å². The van der Waals surface area contributed by atoms with Gasteiger partial charge in [-0.3, -0.25) is 0 Å². The van der Waals surface area contributed by atoms with Gasteiger partial charge in [0.2, 0.25) is 0 Å².